The van der Waals surface area contributed by atoms with Crippen molar-refractivity contribution in [1.29, 1.82) is 0 Å². The molecule has 0 amide bonds. The van der Waals surface area contributed by atoms with E-state index in [0.717, 1.165) is 12.0 Å². The van der Waals surface area contributed by atoms with E-state index in [4.69, 9.17) is 23.4 Å². The lowest BCUT2D eigenvalue weighted by atomic mass is 9.52. The number of cyclic esters (lactones) is 1. The highest BCUT2D eigenvalue weighted by Crippen LogP contribution is 2.60. The van der Waals surface area contributed by atoms with Crippen molar-refractivity contribution in [2.75, 3.05) is 13.7 Å². The number of aliphatic hydroxyl groups excluding tert-OH is 4. The number of carbonyl (C=O) groups is 2. The summed E-state index contributed by atoms with van der Waals surface area (Å²) in [5.41, 5.74) is 1.39. The smallest absolute Gasteiger partial charge is 0.333 e. The monoisotopic (exact) mass is 522 g/mol. The van der Waals surface area contributed by atoms with Crippen LogP contribution in [-0.2, 0) is 28.5 Å². The molecule has 2 saturated heterocycles. The van der Waals surface area contributed by atoms with Crippen LogP contribution < -0.4 is 0 Å². The van der Waals surface area contributed by atoms with E-state index in [9.17, 15) is 30.0 Å². The molecule has 3 fully saturated rings. The second kappa shape index (κ2) is 10.1. The van der Waals surface area contributed by atoms with E-state index in [1.165, 1.54) is 13.4 Å². The second-order valence-corrected chi connectivity index (χ2v) is 10.7. The molecule has 1 saturated carbocycles. The SMILES string of the molecule is COC(=O)C1=C2C(OC3OC(CO)C(O)C(O)C3O)CC3C(=O)OC(c4ccoc4)CC3(C)C2CCC1. The summed E-state index contributed by atoms with van der Waals surface area (Å²) >= 11 is 0. The van der Waals surface area contributed by atoms with Crippen molar-refractivity contribution in [3.63, 3.8) is 0 Å². The summed E-state index contributed by atoms with van der Waals surface area (Å²) in [4.78, 5) is 26.2. The molecule has 11 nitrogen and oxygen atoms in total. The van der Waals surface area contributed by atoms with Gasteiger partial charge in [0, 0.05) is 11.1 Å². The van der Waals surface area contributed by atoms with Gasteiger partial charge in [-0.05, 0) is 55.1 Å². The summed E-state index contributed by atoms with van der Waals surface area (Å²) in [5, 5.41) is 40.6. The number of hydrogen-bond acceptors (Lipinski definition) is 11. The summed E-state index contributed by atoms with van der Waals surface area (Å²) < 4.78 is 27.9. The average molecular weight is 523 g/mol. The van der Waals surface area contributed by atoms with Gasteiger partial charge in [0.25, 0.3) is 0 Å². The molecule has 10 unspecified atom stereocenters. The summed E-state index contributed by atoms with van der Waals surface area (Å²) in [7, 11) is 1.31. The molecule has 0 radical (unpaired) electrons. The normalized spacial score (nSPS) is 42.0. The zero-order chi connectivity index (χ0) is 26.5. The highest BCUT2D eigenvalue weighted by molar-refractivity contribution is 5.90. The predicted molar refractivity (Wildman–Crippen MR) is 123 cm³/mol. The molecule has 0 aromatic carbocycles. The fraction of sp³-hybridized carbons (Fsp3) is 0.692. The Labute approximate surface area is 213 Å². The Morgan fingerprint density at radius 2 is 1.97 bits per heavy atom. The number of methoxy groups -OCH3 is 1. The molecular weight excluding hydrogens is 488 g/mol. The number of furan rings is 1. The lowest BCUT2D eigenvalue weighted by molar-refractivity contribution is -0.312. The van der Waals surface area contributed by atoms with Crippen molar-refractivity contribution in [2.24, 2.45) is 17.3 Å². The lowest BCUT2D eigenvalue weighted by Gasteiger charge is -2.55. The molecule has 10 atom stereocenters. The van der Waals surface area contributed by atoms with Crippen LogP contribution in [0.2, 0.25) is 0 Å². The molecular formula is C26H34O11. The van der Waals surface area contributed by atoms with Crippen LogP contribution in [0.3, 0.4) is 0 Å². The molecule has 5 rings (SSSR count). The standard InChI is InChI=1S/C26H34O11/c1-26-9-17(12-6-7-34-11-12)35-24(32)15(26)8-16(19-13(23(31)33-2)4-3-5-14(19)26)36-25-22(30)21(29)20(28)18(10-27)37-25/h6-7,11,14-18,20-22,25,27-30H,3-5,8-10H2,1-2H3. The van der Waals surface area contributed by atoms with Crippen LogP contribution in [0.25, 0.3) is 0 Å². The van der Waals surface area contributed by atoms with E-state index in [2.05, 4.69) is 0 Å². The number of fused-ring (bicyclic) bond motifs is 3. The van der Waals surface area contributed by atoms with Crippen LogP contribution >= 0.6 is 0 Å². The second-order valence-electron chi connectivity index (χ2n) is 10.7. The lowest BCUT2D eigenvalue weighted by Crippen LogP contribution is -2.61. The van der Waals surface area contributed by atoms with Crippen LogP contribution in [0.1, 0.15) is 50.7 Å². The molecule has 0 bridgehead atoms. The first-order valence-electron chi connectivity index (χ1n) is 12.7. The van der Waals surface area contributed by atoms with Gasteiger partial charge in [-0.3, -0.25) is 4.79 Å². The van der Waals surface area contributed by atoms with Gasteiger partial charge in [0.1, 0.15) is 30.5 Å². The minimum atomic E-state index is -1.61. The molecule has 1 aromatic rings. The first-order valence-corrected chi connectivity index (χ1v) is 12.7. The summed E-state index contributed by atoms with van der Waals surface area (Å²) in [5.74, 6) is -1.64. The third kappa shape index (κ3) is 4.41. The van der Waals surface area contributed by atoms with Crippen molar-refractivity contribution in [1.82, 2.24) is 0 Å². The Morgan fingerprint density at radius 3 is 2.65 bits per heavy atom. The maximum atomic E-state index is 13.4. The van der Waals surface area contributed by atoms with Crippen LogP contribution in [0.5, 0.6) is 0 Å². The predicted octanol–water partition coefficient (Wildman–Crippen LogP) is 0.749. The average Bonchev–Trinajstić information content (AvgIpc) is 3.44. The topological polar surface area (TPSA) is 165 Å². The quantitative estimate of drug-likeness (QED) is 0.403. The van der Waals surface area contributed by atoms with Gasteiger partial charge in [0.2, 0.25) is 0 Å². The van der Waals surface area contributed by atoms with E-state index in [0.29, 0.717) is 30.4 Å². The van der Waals surface area contributed by atoms with Crippen molar-refractivity contribution >= 4 is 11.9 Å². The number of hydrogen-bond donors (Lipinski definition) is 4. The molecule has 11 heteroatoms. The summed E-state index contributed by atoms with van der Waals surface area (Å²) in [6.07, 6.45) is -2.93. The molecule has 37 heavy (non-hydrogen) atoms. The summed E-state index contributed by atoms with van der Waals surface area (Å²) in [6, 6.07) is 1.77. The van der Waals surface area contributed by atoms with Gasteiger partial charge in [-0.1, -0.05) is 6.92 Å². The van der Waals surface area contributed by atoms with Gasteiger partial charge >= 0.3 is 11.9 Å². The molecule has 204 valence electrons. The van der Waals surface area contributed by atoms with Gasteiger partial charge in [0.05, 0.1) is 38.3 Å². The molecule has 2 aliphatic carbocycles. The van der Waals surface area contributed by atoms with E-state index < -0.39 is 66.8 Å². The molecule has 3 heterocycles. The van der Waals surface area contributed by atoms with E-state index in [1.807, 2.05) is 6.92 Å². The van der Waals surface area contributed by atoms with Crippen LogP contribution in [-0.4, -0.2) is 82.9 Å². The number of carbonyl (C=O) groups excluding carboxylic acids is 2. The van der Waals surface area contributed by atoms with E-state index in [1.54, 1.807) is 12.3 Å². The van der Waals surface area contributed by atoms with Gasteiger partial charge in [-0.25, -0.2) is 4.79 Å². The maximum Gasteiger partial charge on any atom is 0.333 e. The number of esters is 2. The third-order valence-corrected chi connectivity index (χ3v) is 8.69. The van der Waals surface area contributed by atoms with Crippen LogP contribution in [0, 0.1) is 17.3 Å². The Bertz CT molecular complexity index is 1030. The molecule has 4 aliphatic rings. The Kier molecular flexibility index (Phi) is 7.20. The van der Waals surface area contributed by atoms with Crippen molar-refractivity contribution in [3.8, 4) is 0 Å². The summed E-state index contributed by atoms with van der Waals surface area (Å²) in [6.45, 7) is 1.44. The fourth-order valence-corrected chi connectivity index (χ4v) is 6.72. The highest BCUT2D eigenvalue weighted by atomic mass is 16.7. The molecule has 4 N–H and O–H groups in total. The number of rotatable bonds is 5. The van der Waals surface area contributed by atoms with Crippen molar-refractivity contribution in [3.05, 3.63) is 35.3 Å². The van der Waals surface area contributed by atoms with Crippen molar-refractivity contribution in [2.45, 2.75) is 81.9 Å². The van der Waals surface area contributed by atoms with Gasteiger partial charge < -0.3 is 43.8 Å². The van der Waals surface area contributed by atoms with Crippen LogP contribution in [0.15, 0.2) is 34.2 Å². The van der Waals surface area contributed by atoms with Gasteiger partial charge in [0.15, 0.2) is 6.29 Å². The Balaban J connectivity index is 1.52. The highest BCUT2D eigenvalue weighted by Gasteiger charge is 2.59. The molecule has 2 aliphatic heterocycles. The fourth-order valence-electron chi connectivity index (χ4n) is 6.72. The minimum absolute atomic E-state index is 0.161. The number of ether oxygens (including phenoxy) is 4. The third-order valence-electron chi connectivity index (χ3n) is 8.69. The van der Waals surface area contributed by atoms with Gasteiger partial charge in [-0.15, -0.1) is 0 Å². The largest absolute Gasteiger partial charge is 0.472 e. The Morgan fingerprint density at radius 1 is 1.19 bits per heavy atom. The first-order chi connectivity index (χ1) is 17.7. The number of aliphatic hydroxyl groups is 4. The molecule has 0 spiro atoms. The van der Waals surface area contributed by atoms with Crippen molar-refractivity contribution < 1.29 is 53.4 Å². The maximum absolute atomic E-state index is 13.4. The van der Waals surface area contributed by atoms with E-state index >= 15 is 0 Å². The van der Waals surface area contributed by atoms with E-state index in [-0.39, 0.29) is 18.3 Å². The zero-order valence-corrected chi connectivity index (χ0v) is 20.8. The minimum Gasteiger partial charge on any atom is -0.472 e. The zero-order valence-electron chi connectivity index (χ0n) is 20.8. The first kappa shape index (κ1) is 26.3. The van der Waals surface area contributed by atoms with Gasteiger partial charge in [-0.2, -0.15) is 0 Å². The van der Waals surface area contributed by atoms with Crippen LogP contribution in [0.4, 0.5) is 0 Å². The molecule has 1 aromatic heterocycles. The Hall–Kier alpha value is -2.28.